The molecule has 0 unspecified atom stereocenters. The SMILES string of the molecule is CN1CCc2cc(O)c(O)cc2CCc2ccc(O)c(O)c2C1. The summed E-state index contributed by atoms with van der Waals surface area (Å²) in [5.74, 6) is -0.352. The summed E-state index contributed by atoms with van der Waals surface area (Å²) in [5, 5.41) is 39.4. The predicted octanol–water partition coefficient (Wildman–Crippen LogP) is 2.28. The Kier molecular flexibility index (Phi) is 4.05. The first-order valence-corrected chi connectivity index (χ1v) is 7.70. The molecule has 122 valence electrons. The van der Waals surface area contributed by atoms with Crippen molar-refractivity contribution in [2.24, 2.45) is 0 Å². The number of hydrogen-bond donors (Lipinski definition) is 4. The van der Waals surface area contributed by atoms with Gasteiger partial charge in [0, 0.05) is 18.7 Å². The van der Waals surface area contributed by atoms with Crippen LogP contribution >= 0.6 is 0 Å². The number of rotatable bonds is 0. The predicted molar refractivity (Wildman–Crippen MR) is 87.0 cm³/mol. The molecule has 0 saturated carbocycles. The van der Waals surface area contributed by atoms with E-state index in [1.165, 1.54) is 6.07 Å². The lowest BCUT2D eigenvalue weighted by atomic mass is 9.93. The molecule has 23 heavy (non-hydrogen) atoms. The zero-order valence-electron chi connectivity index (χ0n) is 13.1. The van der Waals surface area contributed by atoms with E-state index in [0.29, 0.717) is 19.4 Å². The van der Waals surface area contributed by atoms with Gasteiger partial charge in [-0.15, -0.1) is 0 Å². The van der Waals surface area contributed by atoms with Crippen molar-refractivity contribution in [1.29, 1.82) is 0 Å². The van der Waals surface area contributed by atoms with Gasteiger partial charge in [-0.1, -0.05) is 6.07 Å². The number of phenols is 4. The normalized spacial score (nSPS) is 15.7. The molecule has 0 aromatic heterocycles. The first kappa shape index (κ1) is 15.5. The first-order valence-electron chi connectivity index (χ1n) is 7.70. The third kappa shape index (κ3) is 3.05. The average Bonchev–Trinajstić information content (AvgIpc) is 2.52. The van der Waals surface area contributed by atoms with Crippen LogP contribution in [-0.4, -0.2) is 38.9 Å². The first-order chi connectivity index (χ1) is 11.0. The molecule has 0 radical (unpaired) electrons. The van der Waals surface area contributed by atoms with Crippen molar-refractivity contribution < 1.29 is 20.4 Å². The van der Waals surface area contributed by atoms with E-state index in [1.807, 2.05) is 13.1 Å². The lowest BCUT2D eigenvalue weighted by molar-refractivity contribution is 0.317. The number of aromatic hydroxyl groups is 4. The Hall–Kier alpha value is -2.40. The average molecular weight is 315 g/mol. The highest BCUT2D eigenvalue weighted by Crippen LogP contribution is 2.35. The molecule has 5 heteroatoms. The highest BCUT2D eigenvalue weighted by molar-refractivity contribution is 5.50. The van der Waals surface area contributed by atoms with Crippen LogP contribution in [-0.2, 0) is 25.8 Å². The molecule has 5 nitrogen and oxygen atoms in total. The number of fused-ring (bicyclic) bond motifs is 2. The summed E-state index contributed by atoms with van der Waals surface area (Å²) in [7, 11) is 1.95. The van der Waals surface area contributed by atoms with Gasteiger partial charge >= 0.3 is 0 Å². The van der Waals surface area contributed by atoms with E-state index in [-0.39, 0.29) is 23.0 Å². The molecule has 3 rings (SSSR count). The zero-order valence-corrected chi connectivity index (χ0v) is 13.1. The van der Waals surface area contributed by atoms with Crippen LogP contribution < -0.4 is 0 Å². The summed E-state index contributed by atoms with van der Waals surface area (Å²) < 4.78 is 0. The maximum atomic E-state index is 10.2. The van der Waals surface area contributed by atoms with Gasteiger partial charge in [0.2, 0.25) is 0 Å². The fraction of sp³-hybridized carbons (Fsp3) is 0.333. The zero-order chi connectivity index (χ0) is 16.6. The molecule has 0 saturated heterocycles. The second-order valence-corrected chi connectivity index (χ2v) is 6.17. The second-order valence-electron chi connectivity index (χ2n) is 6.17. The Labute approximate surface area is 135 Å². The minimum Gasteiger partial charge on any atom is -0.504 e. The van der Waals surface area contributed by atoms with E-state index in [4.69, 9.17) is 0 Å². The van der Waals surface area contributed by atoms with Crippen LogP contribution in [0.1, 0.15) is 22.3 Å². The third-order valence-corrected chi connectivity index (χ3v) is 4.51. The number of likely N-dealkylation sites (N-methyl/N-ethyl adjacent to an activating group) is 1. The van der Waals surface area contributed by atoms with Crippen LogP contribution in [0, 0.1) is 0 Å². The van der Waals surface area contributed by atoms with Gasteiger partial charge in [0.25, 0.3) is 0 Å². The molecule has 1 heterocycles. The second kappa shape index (κ2) is 6.01. The van der Waals surface area contributed by atoms with Crippen molar-refractivity contribution in [2.75, 3.05) is 13.6 Å². The van der Waals surface area contributed by atoms with Crippen LogP contribution in [0.3, 0.4) is 0 Å². The summed E-state index contributed by atoms with van der Waals surface area (Å²) in [6.45, 7) is 1.29. The summed E-state index contributed by atoms with van der Waals surface area (Å²) in [6.07, 6.45) is 2.13. The Morgan fingerprint density at radius 3 is 2.09 bits per heavy atom. The molecule has 1 aliphatic rings. The van der Waals surface area contributed by atoms with Gasteiger partial charge in [-0.2, -0.15) is 0 Å². The van der Waals surface area contributed by atoms with E-state index in [0.717, 1.165) is 35.2 Å². The molecule has 4 N–H and O–H groups in total. The summed E-state index contributed by atoms with van der Waals surface area (Å²) in [5.41, 5.74) is 3.75. The van der Waals surface area contributed by atoms with Crippen LogP contribution in [0.4, 0.5) is 0 Å². The standard InChI is InChI=1S/C18H21NO4/c1-19-7-6-13-9-17(22)16(21)8-12(13)3-2-11-4-5-15(20)18(23)14(11)10-19/h4-5,8-9,20-23H,2-3,6-7,10H2,1H3. The van der Waals surface area contributed by atoms with E-state index >= 15 is 0 Å². The molecule has 0 aliphatic carbocycles. The van der Waals surface area contributed by atoms with Gasteiger partial charge < -0.3 is 25.3 Å². The molecular formula is C18H21NO4. The molecule has 0 atom stereocenters. The molecule has 0 amide bonds. The van der Waals surface area contributed by atoms with Gasteiger partial charge in [0.1, 0.15) is 0 Å². The van der Waals surface area contributed by atoms with Crippen molar-refractivity contribution in [1.82, 2.24) is 4.90 Å². The van der Waals surface area contributed by atoms with E-state index in [9.17, 15) is 20.4 Å². The molecule has 0 spiro atoms. The van der Waals surface area contributed by atoms with Gasteiger partial charge in [0.05, 0.1) is 0 Å². The minimum absolute atomic E-state index is 0.0521. The number of hydrogen-bond acceptors (Lipinski definition) is 5. The van der Waals surface area contributed by atoms with E-state index < -0.39 is 0 Å². The van der Waals surface area contributed by atoms with Crippen molar-refractivity contribution in [3.05, 3.63) is 46.5 Å². The number of benzene rings is 2. The van der Waals surface area contributed by atoms with Crippen LogP contribution in [0.2, 0.25) is 0 Å². The van der Waals surface area contributed by atoms with Crippen LogP contribution in [0.5, 0.6) is 23.0 Å². The maximum Gasteiger partial charge on any atom is 0.162 e. The lowest BCUT2D eigenvalue weighted by Crippen LogP contribution is -2.23. The molecule has 0 fully saturated rings. The quantitative estimate of drug-likeness (QED) is 0.561. The Morgan fingerprint density at radius 1 is 0.783 bits per heavy atom. The van der Waals surface area contributed by atoms with Gasteiger partial charge in [0.15, 0.2) is 23.0 Å². The highest BCUT2D eigenvalue weighted by Gasteiger charge is 2.18. The lowest BCUT2D eigenvalue weighted by Gasteiger charge is -2.23. The topological polar surface area (TPSA) is 84.2 Å². The number of nitrogens with zero attached hydrogens (tertiary/aromatic N) is 1. The minimum atomic E-state index is -0.108. The van der Waals surface area contributed by atoms with Gasteiger partial charge in [-0.3, -0.25) is 0 Å². The number of phenolic OH excluding ortho intramolecular Hbond substituents is 4. The van der Waals surface area contributed by atoms with Crippen molar-refractivity contribution in [3.63, 3.8) is 0 Å². The fourth-order valence-electron chi connectivity index (χ4n) is 3.13. The largest absolute Gasteiger partial charge is 0.504 e. The van der Waals surface area contributed by atoms with Crippen molar-refractivity contribution in [2.45, 2.75) is 25.8 Å². The third-order valence-electron chi connectivity index (χ3n) is 4.51. The van der Waals surface area contributed by atoms with Crippen LogP contribution in [0.15, 0.2) is 24.3 Å². The summed E-state index contributed by atoms with van der Waals surface area (Å²) >= 11 is 0. The molecule has 1 aliphatic heterocycles. The number of aryl methyl sites for hydroxylation is 2. The Bertz CT molecular complexity index is 742. The van der Waals surface area contributed by atoms with Gasteiger partial charge in [-0.25, -0.2) is 0 Å². The Morgan fingerprint density at radius 2 is 1.39 bits per heavy atom. The maximum absolute atomic E-state index is 10.2. The van der Waals surface area contributed by atoms with Crippen LogP contribution in [0.25, 0.3) is 0 Å². The fourth-order valence-corrected chi connectivity index (χ4v) is 3.13. The molecule has 2 aromatic carbocycles. The van der Waals surface area contributed by atoms with Crippen molar-refractivity contribution >= 4 is 0 Å². The summed E-state index contributed by atoms with van der Waals surface area (Å²) in [4.78, 5) is 2.07. The Balaban J connectivity index is 2.03. The molecule has 0 bridgehead atoms. The monoisotopic (exact) mass is 315 g/mol. The highest BCUT2D eigenvalue weighted by atomic mass is 16.3. The molecular weight excluding hydrogens is 294 g/mol. The summed E-state index contributed by atoms with van der Waals surface area (Å²) in [6, 6.07) is 6.59. The van der Waals surface area contributed by atoms with E-state index in [2.05, 4.69) is 4.90 Å². The van der Waals surface area contributed by atoms with Crippen molar-refractivity contribution in [3.8, 4) is 23.0 Å². The molecule has 2 aromatic rings. The van der Waals surface area contributed by atoms with E-state index in [1.54, 1.807) is 12.1 Å². The van der Waals surface area contributed by atoms with Gasteiger partial charge in [-0.05, 0) is 61.2 Å². The smallest absolute Gasteiger partial charge is 0.162 e.